The Kier molecular flexibility index (Phi) is 4.37. The molecule has 0 saturated carbocycles. The summed E-state index contributed by atoms with van der Waals surface area (Å²) in [7, 11) is 0. The van der Waals surface area contributed by atoms with Crippen molar-refractivity contribution in [1.82, 2.24) is 4.98 Å². The summed E-state index contributed by atoms with van der Waals surface area (Å²) in [4.78, 5) is 4.21. The molecule has 0 bridgehead atoms. The molecule has 0 amide bonds. The van der Waals surface area contributed by atoms with Crippen molar-refractivity contribution in [3.63, 3.8) is 0 Å². The molecule has 1 aromatic heterocycles. The van der Waals surface area contributed by atoms with Gasteiger partial charge in [-0.3, -0.25) is 0 Å². The van der Waals surface area contributed by atoms with Crippen molar-refractivity contribution < 1.29 is 4.74 Å². The van der Waals surface area contributed by atoms with Gasteiger partial charge in [0, 0.05) is 18.8 Å². The summed E-state index contributed by atoms with van der Waals surface area (Å²) in [5.74, 6) is 1.52. The molecule has 1 heterocycles. The number of rotatable bonds is 5. The molecule has 0 fully saturated rings. The van der Waals surface area contributed by atoms with Crippen molar-refractivity contribution in [3.8, 4) is 5.75 Å². The molecule has 0 radical (unpaired) electrons. The van der Waals surface area contributed by atoms with E-state index < -0.39 is 0 Å². The van der Waals surface area contributed by atoms with Crippen molar-refractivity contribution in [1.29, 1.82) is 0 Å². The smallest absolute Gasteiger partial charge is 0.168 e. The molecular formula is C11H19N3O. The number of nitrogens with two attached hydrogens (primary N) is 1. The van der Waals surface area contributed by atoms with E-state index in [9.17, 15) is 0 Å². The highest BCUT2D eigenvalue weighted by Gasteiger charge is 2.06. The Balaban J connectivity index is 2.68. The largest absolute Gasteiger partial charge is 0.487 e. The maximum atomic E-state index is 5.66. The molecule has 0 aromatic carbocycles. The molecular weight excluding hydrogens is 190 g/mol. The van der Waals surface area contributed by atoms with Crippen LogP contribution in [0.1, 0.15) is 20.8 Å². The first-order chi connectivity index (χ1) is 7.09. The van der Waals surface area contributed by atoms with Gasteiger partial charge in [-0.1, -0.05) is 0 Å². The van der Waals surface area contributed by atoms with Crippen molar-refractivity contribution in [3.05, 3.63) is 18.3 Å². The fourth-order valence-corrected chi connectivity index (χ4v) is 1.13. The first-order valence-electron chi connectivity index (χ1n) is 5.20. The van der Waals surface area contributed by atoms with E-state index in [1.807, 2.05) is 32.9 Å². The molecule has 0 aliphatic heterocycles. The van der Waals surface area contributed by atoms with Crippen LogP contribution in [0.25, 0.3) is 0 Å². The van der Waals surface area contributed by atoms with Crippen LogP contribution < -0.4 is 15.8 Å². The van der Waals surface area contributed by atoms with E-state index in [0.717, 1.165) is 11.6 Å². The fraction of sp³-hybridized carbons (Fsp3) is 0.545. The quantitative estimate of drug-likeness (QED) is 0.773. The van der Waals surface area contributed by atoms with Gasteiger partial charge < -0.3 is 15.8 Å². The minimum atomic E-state index is 0.0962. The number of anilines is 1. The first kappa shape index (κ1) is 11.8. The highest BCUT2D eigenvalue weighted by molar-refractivity contribution is 5.49. The molecule has 3 N–H and O–H groups in total. The number of pyridine rings is 1. The van der Waals surface area contributed by atoms with Crippen LogP contribution in [0.5, 0.6) is 5.75 Å². The van der Waals surface area contributed by atoms with Crippen LogP contribution in [-0.2, 0) is 0 Å². The Morgan fingerprint density at radius 1 is 1.47 bits per heavy atom. The van der Waals surface area contributed by atoms with Crippen LogP contribution in [-0.4, -0.2) is 23.7 Å². The van der Waals surface area contributed by atoms with Gasteiger partial charge in [-0.15, -0.1) is 0 Å². The second-order valence-corrected chi connectivity index (χ2v) is 3.87. The summed E-state index contributed by atoms with van der Waals surface area (Å²) in [6, 6.07) is 3.85. The second kappa shape index (κ2) is 5.56. The second-order valence-electron chi connectivity index (χ2n) is 3.87. The molecule has 0 saturated heterocycles. The normalized spacial score (nSPS) is 12.6. The third-order valence-corrected chi connectivity index (χ3v) is 1.72. The lowest BCUT2D eigenvalue weighted by Gasteiger charge is -2.15. The summed E-state index contributed by atoms with van der Waals surface area (Å²) in [5, 5.41) is 3.16. The molecule has 4 nitrogen and oxygen atoms in total. The molecule has 0 aliphatic carbocycles. The van der Waals surface area contributed by atoms with Crippen LogP contribution >= 0.6 is 0 Å². The summed E-state index contributed by atoms with van der Waals surface area (Å²) in [5.41, 5.74) is 5.66. The van der Waals surface area contributed by atoms with E-state index >= 15 is 0 Å². The predicted octanol–water partition coefficient (Wildman–Crippen LogP) is 1.63. The fourth-order valence-electron chi connectivity index (χ4n) is 1.13. The minimum Gasteiger partial charge on any atom is -0.487 e. The van der Waals surface area contributed by atoms with Gasteiger partial charge in [-0.2, -0.15) is 0 Å². The number of ether oxygens (including phenoxy) is 1. The first-order valence-corrected chi connectivity index (χ1v) is 5.20. The lowest BCUT2D eigenvalue weighted by atomic mass is 10.3. The van der Waals surface area contributed by atoms with Crippen LogP contribution in [0.4, 0.5) is 5.82 Å². The molecule has 84 valence electrons. The number of nitrogens with one attached hydrogen (secondary N) is 1. The van der Waals surface area contributed by atoms with Crippen molar-refractivity contribution in [2.75, 3.05) is 11.9 Å². The van der Waals surface area contributed by atoms with Gasteiger partial charge >= 0.3 is 0 Å². The van der Waals surface area contributed by atoms with Crippen LogP contribution in [0.15, 0.2) is 18.3 Å². The predicted molar refractivity (Wildman–Crippen MR) is 62.1 cm³/mol. The van der Waals surface area contributed by atoms with Gasteiger partial charge in [-0.05, 0) is 32.9 Å². The molecule has 1 unspecified atom stereocenters. The van der Waals surface area contributed by atoms with Crippen molar-refractivity contribution in [2.24, 2.45) is 5.73 Å². The zero-order chi connectivity index (χ0) is 11.3. The van der Waals surface area contributed by atoms with Crippen LogP contribution in [0, 0.1) is 0 Å². The minimum absolute atomic E-state index is 0.0962. The number of hydrogen-bond donors (Lipinski definition) is 2. The SMILES string of the molecule is CC(N)CNc1ncccc1OC(C)C. The van der Waals surface area contributed by atoms with Gasteiger partial charge in [0.05, 0.1) is 6.10 Å². The highest BCUT2D eigenvalue weighted by atomic mass is 16.5. The van der Waals surface area contributed by atoms with Gasteiger partial charge in [0.25, 0.3) is 0 Å². The Morgan fingerprint density at radius 2 is 2.20 bits per heavy atom. The lowest BCUT2D eigenvalue weighted by Crippen LogP contribution is -2.25. The zero-order valence-electron chi connectivity index (χ0n) is 9.53. The van der Waals surface area contributed by atoms with Crippen molar-refractivity contribution in [2.45, 2.75) is 32.9 Å². The Bertz CT molecular complexity index is 300. The maximum absolute atomic E-state index is 5.66. The van der Waals surface area contributed by atoms with Crippen LogP contribution in [0.2, 0.25) is 0 Å². The monoisotopic (exact) mass is 209 g/mol. The van der Waals surface area contributed by atoms with Gasteiger partial charge in [0.2, 0.25) is 0 Å². The van der Waals surface area contributed by atoms with Crippen molar-refractivity contribution >= 4 is 5.82 Å². The van der Waals surface area contributed by atoms with E-state index in [4.69, 9.17) is 10.5 Å². The number of aromatic nitrogens is 1. The summed E-state index contributed by atoms with van der Waals surface area (Å²) in [6.07, 6.45) is 1.88. The third kappa shape index (κ3) is 4.16. The van der Waals surface area contributed by atoms with E-state index in [2.05, 4.69) is 10.3 Å². The molecule has 1 rings (SSSR count). The topological polar surface area (TPSA) is 60.2 Å². The maximum Gasteiger partial charge on any atom is 0.168 e. The Hall–Kier alpha value is -1.29. The van der Waals surface area contributed by atoms with Gasteiger partial charge in [0.15, 0.2) is 11.6 Å². The van der Waals surface area contributed by atoms with E-state index in [0.29, 0.717) is 6.54 Å². The summed E-state index contributed by atoms with van der Waals surface area (Å²) < 4.78 is 5.61. The van der Waals surface area contributed by atoms with E-state index in [1.54, 1.807) is 6.20 Å². The van der Waals surface area contributed by atoms with E-state index in [-0.39, 0.29) is 12.1 Å². The standard InChI is InChI=1S/C11H19N3O/c1-8(2)15-10-5-4-6-13-11(10)14-7-9(3)12/h4-6,8-9H,7,12H2,1-3H3,(H,13,14). The number of hydrogen-bond acceptors (Lipinski definition) is 4. The molecule has 1 aromatic rings. The Labute approximate surface area is 90.8 Å². The van der Waals surface area contributed by atoms with Gasteiger partial charge in [-0.25, -0.2) is 4.98 Å². The summed E-state index contributed by atoms with van der Waals surface area (Å²) in [6.45, 7) is 6.61. The zero-order valence-corrected chi connectivity index (χ0v) is 9.53. The lowest BCUT2D eigenvalue weighted by molar-refractivity contribution is 0.243. The third-order valence-electron chi connectivity index (χ3n) is 1.72. The van der Waals surface area contributed by atoms with Crippen LogP contribution in [0.3, 0.4) is 0 Å². The average molecular weight is 209 g/mol. The molecule has 15 heavy (non-hydrogen) atoms. The van der Waals surface area contributed by atoms with E-state index in [1.165, 1.54) is 0 Å². The molecule has 4 heteroatoms. The molecule has 0 aliphatic rings. The molecule has 1 atom stereocenters. The number of nitrogens with zero attached hydrogens (tertiary/aromatic N) is 1. The average Bonchev–Trinajstić information content (AvgIpc) is 2.15. The summed E-state index contributed by atoms with van der Waals surface area (Å²) >= 11 is 0. The Morgan fingerprint density at radius 3 is 2.80 bits per heavy atom. The molecule has 0 spiro atoms. The van der Waals surface area contributed by atoms with Gasteiger partial charge in [0.1, 0.15) is 0 Å². The highest BCUT2D eigenvalue weighted by Crippen LogP contribution is 2.21.